The van der Waals surface area contributed by atoms with Gasteiger partial charge in [0.05, 0.1) is 16.4 Å². The van der Waals surface area contributed by atoms with Gasteiger partial charge in [0.2, 0.25) is 0 Å². The number of esters is 1. The van der Waals surface area contributed by atoms with Gasteiger partial charge in [-0.3, -0.25) is 0 Å². The first-order valence-corrected chi connectivity index (χ1v) is 17.3. The van der Waals surface area contributed by atoms with E-state index < -0.39 is 27.0 Å². The van der Waals surface area contributed by atoms with Gasteiger partial charge < -0.3 is 14.4 Å². The maximum atomic E-state index is 15.4. The summed E-state index contributed by atoms with van der Waals surface area (Å²) in [4.78, 5) is 26.8. The van der Waals surface area contributed by atoms with E-state index in [9.17, 15) is 14.7 Å². The van der Waals surface area contributed by atoms with Crippen molar-refractivity contribution in [2.75, 3.05) is 0 Å². The maximum Gasteiger partial charge on any atom is 0.344 e. The molecule has 45 heavy (non-hydrogen) atoms. The zero-order valence-electron chi connectivity index (χ0n) is 24.1. The van der Waals surface area contributed by atoms with Gasteiger partial charge in [-0.05, 0) is 42.0 Å². The molecule has 7 heteroatoms. The predicted molar refractivity (Wildman–Crippen MR) is 183 cm³/mol. The SMILES string of the molecule is O=C(Oc1cccc(C(=O)O)c1P(=O)(c1ccccc1)c1ccccc1)c1ccccc1P(c1ccccc1)c1ccccc1. The van der Waals surface area contributed by atoms with Gasteiger partial charge in [-0.25, -0.2) is 9.59 Å². The van der Waals surface area contributed by atoms with Crippen molar-refractivity contribution in [3.63, 3.8) is 0 Å². The van der Waals surface area contributed by atoms with Gasteiger partial charge in [0.1, 0.15) is 5.75 Å². The Kier molecular flexibility index (Phi) is 8.84. The van der Waals surface area contributed by atoms with Crippen molar-refractivity contribution in [2.45, 2.75) is 0 Å². The molecule has 0 amide bonds. The van der Waals surface area contributed by atoms with Gasteiger partial charge in [0.25, 0.3) is 0 Å². The van der Waals surface area contributed by atoms with Gasteiger partial charge in [0.15, 0.2) is 7.14 Å². The Balaban J connectivity index is 1.51. The second-order valence-electron chi connectivity index (χ2n) is 10.2. The summed E-state index contributed by atoms with van der Waals surface area (Å²) in [5, 5.41) is 14.0. The average molecular weight is 627 g/mol. The minimum atomic E-state index is -3.83. The van der Waals surface area contributed by atoms with Gasteiger partial charge in [-0.2, -0.15) is 0 Å². The van der Waals surface area contributed by atoms with Crippen molar-refractivity contribution < 1.29 is 24.0 Å². The van der Waals surface area contributed by atoms with Crippen LogP contribution in [0.4, 0.5) is 0 Å². The highest BCUT2D eigenvalue weighted by Gasteiger charge is 2.37. The normalized spacial score (nSPS) is 11.2. The van der Waals surface area contributed by atoms with Crippen LogP contribution in [0.1, 0.15) is 20.7 Å². The van der Waals surface area contributed by atoms with Crippen LogP contribution in [0.15, 0.2) is 164 Å². The Bertz CT molecular complexity index is 1910. The van der Waals surface area contributed by atoms with Crippen LogP contribution < -0.4 is 36.6 Å². The molecule has 0 aliphatic heterocycles. The fourth-order valence-corrected chi connectivity index (χ4v) is 10.7. The molecule has 0 saturated heterocycles. The Morgan fingerprint density at radius 1 is 0.533 bits per heavy atom. The van der Waals surface area contributed by atoms with E-state index in [1.54, 1.807) is 72.8 Å². The van der Waals surface area contributed by atoms with E-state index in [1.807, 2.05) is 72.8 Å². The monoisotopic (exact) mass is 626 g/mol. The molecular formula is C38H28O5P2. The third-order valence-electron chi connectivity index (χ3n) is 7.38. The molecule has 0 spiro atoms. The summed E-state index contributed by atoms with van der Waals surface area (Å²) in [7, 11) is -4.98. The van der Waals surface area contributed by atoms with Crippen LogP contribution in [0.5, 0.6) is 5.75 Å². The van der Waals surface area contributed by atoms with E-state index in [4.69, 9.17) is 4.74 Å². The summed E-state index contributed by atoms with van der Waals surface area (Å²) in [6.45, 7) is 0. The number of rotatable bonds is 9. The number of hydrogen-bond acceptors (Lipinski definition) is 4. The topological polar surface area (TPSA) is 80.7 Å². The number of carbonyl (C=O) groups is 2. The van der Waals surface area contributed by atoms with Crippen LogP contribution in [0.3, 0.4) is 0 Å². The molecule has 0 aliphatic carbocycles. The molecule has 0 fully saturated rings. The summed E-state index contributed by atoms with van der Waals surface area (Å²) in [5.41, 5.74) is 0.151. The van der Waals surface area contributed by atoms with Crippen LogP contribution >= 0.6 is 15.1 Å². The standard InChI is InChI=1S/C38H28O5P2/c39-37(40)33-25-15-26-34(36(33)45(42,30-20-9-3-10-21-30)31-22-11-4-12-23-31)43-38(41)32-24-13-14-27-35(32)44(28-16-5-1-6-17-28)29-18-7-2-8-19-29/h1-27H,(H,39,40). The molecule has 0 heterocycles. The molecule has 0 aromatic heterocycles. The minimum absolute atomic E-state index is 0.0332. The lowest BCUT2D eigenvalue weighted by Crippen LogP contribution is -2.32. The number of hydrogen-bond donors (Lipinski definition) is 1. The molecule has 0 bridgehead atoms. The second kappa shape index (κ2) is 13.3. The third kappa shape index (κ3) is 6.01. The fraction of sp³-hybridized carbons (Fsp3) is 0. The number of ether oxygens (including phenoxy) is 1. The van der Waals surface area contributed by atoms with Crippen LogP contribution in [0.25, 0.3) is 0 Å². The van der Waals surface area contributed by atoms with E-state index in [1.165, 1.54) is 18.2 Å². The number of carboxylic acid groups (broad SMARTS) is 1. The molecule has 220 valence electrons. The minimum Gasteiger partial charge on any atom is -0.478 e. The van der Waals surface area contributed by atoms with Gasteiger partial charge in [0, 0.05) is 10.6 Å². The maximum absolute atomic E-state index is 15.4. The molecular weight excluding hydrogens is 598 g/mol. The zero-order chi connectivity index (χ0) is 31.2. The van der Waals surface area contributed by atoms with Crippen LogP contribution in [0.2, 0.25) is 0 Å². The highest BCUT2D eigenvalue weighted by atomic mass is 31.2. The predicted octanol–water partition coefficient (Wildman–Crippen LogP) is 6.00. The largest absolute Gasteiger partial charge is 0.478 e. The van der Waals surface area contributed by atoms with E-state index in [0.29, 0.717) is 16.2 Å². The van der Waals surface area contributed by atoms with Crippen molar-refractivity contribution in [1.29, 1.82) is 0 Å². The summed E-state index contributed by atoms with van der Waals surface area (Å²) >= 11 is 0. The van der Waals surface area contributed by atoms with Gasteiger partial charge >= 0.3 is 11.9 Å². The Labute approximate surface area is 262 Å². The van der Waals surface area contributed by atoms with Crippen molar-refractivity contribution >= 4 is 58.8 Å². The van der Waals surface area contributed by atoms with E-state index in [-0.39, 0.29) is 16.6 Å². The first-order valence-electron chi connectivity index (χ1n) is 14.3. The molecule has 6 aromatic rings. The number of carbonyl (C=O) groups excluding carboxylic acids is 1. The Morgan fingerprint density at radius 3 is 1.49 bits per heavy atom. The van der Waals surface area contributed by atoms with Crippen molar-refractivity contribution in [3.8, 4) is 5.75 Å². The second-order valence-corrected chi connectivity index (χ2v) is 15.0. The average Bonchev–Trinajstić information content (AvgIpc) is 3.10. The lowest BCUT2D eigenvalue weighted by Gasteiger charge is -2.24. The number of benzene rings is 6. The van der Waals surface area contributed by atoms with Crippen molar-refractivity contribution in [1.82, 2.24) is 0 Å². The van der Waals surface area contributed by atoms with Crippen molar-refractivity contribution in [2.24, 2.45) is 0 Å². The van der Waals surface area contributed by atoms with Gasteiger partial charge in [-0.1, -0.05) is 146 Å². The lowest BCUT2D eigenvalue weighted by atomic mass is 10.2. The summed E-state index contributed by atoms with van der Waals surface area (Å²) in [6, 6.07) is 49.2. The molecule has 0 aliphatic rings. The van der Waals surface area contributed by atoms with E-state index in [0.717, 1.165) is 15.9 Å². The molecule has 0 radical (unpaired) electrons. The van der Waals surface area contributed by atoms with Crippen LogP contribution in [0, 0.1) is 0 Å². The summed E-state index contributed by atoms with van der Waals surface area (Å²) < 4.78 is 21.5. The van der Waals surface area contributed by atoms with E-state index >= 15 is 4.57 Å². The fourth-order valence-electron chi connectivity index (χ4n) is 5.36. The zero-order valence-corrected chi connectivity index (χ0v) is 25.9. The first-order chi connectivity index (χ1) is 22.0. The molecule has 5 nitrogen and oxygen atoms in total. The number of aromatic carboxylic acids is 1. The molecule has 1 N–H and O–H groups in total. The first kappa shape index (κ1) is 30.0. The smallest absolute Gasteiger partial charge is 0.344 e. The molecule has 6 rings (SSSR count). The lowest BCUT2D eigenvalue weighted by molar-refractivity contribution is 0.0690. The molecule has 0 atom stereocenters. The Hall–Kier alpha value is -5.08. The third-order valence-corrected chi connectivity index (χ3v) is 13.0. The summed E-state index contributed by atoms with van der Waals surface area (Å²) in [5.74, 6) is -2.00. The van der Waals surface area contributed by atoms with Crippen LogP contribution in [-0.4, -0.2) is 17.0 Å². The molecule has 0 unspecified atom stereocenters. The van der Waals surface area contributed by atoms with E-state index in [2.05, 4.69) is 0 Å². The van der Waals surface area contributed by atoms with Crippen molar-refractivity contribution in [3.05, 3.63) is 175 Å². The molecule has 6 aromatic carbocycles. The highest BCUT2D eigenvalue weighted by molar-refractivity contribution is 7.85. The number of carboxylic acids is 1. The Morgan fingerprint density at radius 2 is 0.978 bits per heavy atom. The van der Waals surface area contributed by atoms with Gasteiger partial charge in [-0.15, -0.1) is 0 Å². The summed E-state index contributed by atoms with van der Waals surface area (Å²) in [6.07, 6.45) is 0. The molecule has 0 saturated carbocycles. The van der Waals surface area contributed by atoms with Crippen LogP contribution in [-0.2, 0) is 4.57 Å². The quantitative estimate of drug-likeness (QED) is 0.121. The highest BCUT2D eigenvalue weighted by Crippen LogP contribution is 2.46.